The Balaban J connectivity index is 1.48. The minimum Gasteiger partial charge on any atom is -0.343 e. The van der Waals surface area contributed by atoms with Crippen molar-refractivity contribution in [3.8, 4) is 0 Å². The van der Waals surface area contributed by atoms with Crippen molar-refractivity contribution in [2.75, 3.05) is 13.1 Å². The van der Waals surface area contributed by atoms with E-state index in [0.717, 1.165) is 17.5 Å². The van der Waals surface area contributed by atoms with Crippen LogP contribution < -0.4 is 4.72 Å². The molecule has 1 amide bonds. The minimum atomic E-state index is -3.51. The third-order valence-corrected chi connectivity index (χ3v) is 6.51. The van der Waals surface area contributed by atoms with Gasteiger partial charge in [0, 0.05) is 25.6 Å². The van der Waals surface area contributed by atoms with Gasteiger partial charge in [-0.15, -0.1) is 0 Å². The Labute approximate surface area is 161 Å². The van der Waals surface area contributed by atoms with Gasteiger partial charge in [0.25, 0.3) is 0 Å². The van der Waals surface area contributed by atoms with Crippen LogP contribution in [0.2, 0.25) is 0 Å². The summed E-state index contributed by atoms with van der Waals surface area (Å²) in [6, 6.07) is 16.7. The van der Waals surface area contributed by atoms with Crippen molar-refractivity contribution in [1.82, 2.24) is 9.62 Å². The van der Waals surface area contributed by atoms with Gasteiger partial charge in [-0.25, -0.2) is 13.1 Å². The number of aryl methyl sites for hydroxylation is 2. The van der Waals surface area contributed by atoms with E-state index in [1.165, 1.54) is 0 Å². The predicted octanol–water partition coefficient (Wildman–Crippen LogP) is 2.90. The zero-order chi connectivity index (χ0) is 19.3. The van der Waals surface area contributed by atoms with E-state index < -0.39 is 10.0 Å². The molecule has 0 aliphatic carbocycles. The first-order valence-corrected chi connectivity index (χ1v) is 10.8. The Morgan fingerprint density at radius 2 is 1.67 bits per heavy atom. The van der Waals surface area contributed by atoms with Crippen LogP contribution in [0.25, 0.3) is 0 Å². The van der Waals surface area contributed by atoms with Crippen LogP contribution in [0.4, 0.5) is 0 Å². The lowest BCUT2D eigenvalue weighted by molar-refractivity contribution is -0.132. The summed E-state index contributed by atoms with van der Waals surface area (Å²) in [6.45, 7) is 3.11. The Morgan fingerprint density at radius 1 is 1.04 bits per heavy atom. The highest BCUT2D eigenvalue weighted by Crippen LogP contribution is 2.17. The molecule has 0 atom stereocenters. The number of sulfonamides is 1. The van der Waals surface area contributed by atoms with E-state index in [2.05, 4.69) is 4.72 Å². The molecule has 0 radical (unpaired) electrons. The van der Waals surface area contributed by atoms with Gasteiger partial charge in [0.2, 0.25) is 15.9 Å². The smallest absolute Gasteiger partial charge is 0.240 e. The van der Waals surface area contributed by atoms with Gasteiger partial charge in [0.15, 0.2) is 0 Å². The van der Waals surface area contributed by atoms with E-state index in [0.29, 0.717) is 32.4 Å². The highest BCUT2D eigenvalue weighted by atomic mass is 32.2. The molecule has 1 heterocycles. The first-order valence-electron chi connectivity index (χ1n) is 9.35. The molecule has 0 aromatic heterocycles. The summed E-state index contributed by atoms with van der Waals surface area (Å²) in [5.74, 6) is 0.138. The van der Waals surface area contributed by atoms with Crippen molar-refractivity contribution in [2.24, 2.45) is 0 Å². The average Bonchev–Trinajstić information content (AvgIpc) is 2.67. The molecule has 1 saturated heterocycles. The molecule has 0 unspecified atom stereocenters. The summed E-state index contributed by atoms with van der Waals surface area (Å²) in [5.41, 5.74) is 2.18. The molecular formula is C21H26N2O3S. The highest BCUT2D eigenvalue weighted by Gasteiger charge is 2.26. The summed E-state index contributed by atoms with van der Waals surface area (Å²) < 4.78 is 27.8. The molecule has 0 saturated carbocycles. The molecule has 144 valence electrons. The topological polar surface area (TPSA) is 66.5 Å². The molecule has 27 heavy (non-hydrogen) atoms. The van der Waals surface area contributed by atoms with Gasteiger partial charge < -0.3 is 4.90 Å². The fourth-order valence-corrected chi connectivity index (χ4v) is 4.61. The summed E-state index contributed by atoms with van der Waals surface area (Å²) in [5, 5.41) is 0. The molecule has 0 bridgehead atoms. The van der Waals surface area contributed by atoms with Crippen LogP contribution in [0.15, 0.2) is 59.5 Å². The van der Waals surface area contributed by atoms with Crippen molar-refractivity contribution in [3.63, 3.8) is 0 Å². The number of piperidine rings is 1. The second kappa shape index (κ2) is 8.67. The van der Waals surface area contributed by atoms with Crippen LogP contribution in [-0.2, 0) is 21.2 Å². The fourth-order valence-electron chi connectivity index (χ4n) is 3.31. The maximum Gasteiger partial charge on any atom is 0.240 e. The summed E-state index contributed by atoms with van der Waals surface area (Å²) in [4.78, 5) is 14.5. The van der Waals surface area contributed by atoms with Gasteiger partial charge >= 0.3 is 0 Å². The first-order chi connectivity index (χ1) is 12.9. The number of hydrogen-bond donors (Lipinski definition) is 1. The maximum absolute atomic E-state index is 12.5. The fraction of sp³-hybridized carbons (Fsp3) is 0.381. The van der Waals surface area contributed by atoms with Crippen LogP contribution in [0.3, 0.4) is 0 Å². The molecule has 2 aromatic carbocycles. The Morgan fingerprint density at radius 3 is 2.30 bits per heavy atom. The standard InChI is InChI=1S/C21H26N2O3S/c1-17-7-10-20(11-8-17)27(25,26)22-19-13-15-23(16-14-19)21(24)12-9-18-5-3-2-4-6-18/h2-8,10-11,19,22H,9,12-16H2,1H3. The number of hydrogen-bond acceptors (Lipinski definition) is 3. The molecule has 5 nitrogen and oxygen atoms in total. The van der Waals surface area contributed by atoms with Crippen LogP contribution in [-0.4, -0.2) is 38.4 Å². The van der Waals surface area contributed by atoms with Gasteiger partial charge in [-0.05, 0) is 43.9 Å². The van der Waals surface area contributed by atoms with Gasteiger partial charge in [0.05, 0.1) is 4.90 Å². The van der Waals surface area contributed by atoms with E-state index in [4.69, 9.17) is 0 Å². The molecule has 2 aromatic rings. The molecule has 1 aliphatic rings. The van der Waals surface area contributed by atoms with Crippen molar-refractivity contribution < 1.29 is 13.2 Å². The number of nitrogens with one attached hydrogen (secondary N) is 1. The number of carbonyl (C=O) groups excluding carboxylic acids is 1. The summed E-state index contributed by atoms with van der Waals surface area (Å²) in [7, 11) is -3.51. The zero-order valence-corrected chi connectivity index (χ0v) is 16.4. The number of likely N-dealkylation sites (tertiary alicyclic amines) is 1. The van der Waals surface area contributed by atoms with Crippen LogP contribution in [0.5, 0.6) is 0 Å². The van der Waals surface area contributed by atoms with E-state index in [-0.39, 0.29) is 16.8 Å². The monoisotopic (exact) mass is 386 g/mol. The van der Waals surface area contributed by atoms with E-state index >= 15 is 0 Å². The van der Waals surface area contributed by atoms with Gasteiger partial charge in [-0.2, -0.15) is 0 Å². The average molecular weight is 387 g/mol. The summed E-state index contributed by atoms with van der Waals surface area (Å²) in [6.07, 6.45) is 2.51. The normalized spacial score (nSPS) is 15.7. The first kappa shape index (κ1) is 19.6. The van der Waals surface area contributed by atoms with Crippen molar-refractivity contribution in [1.29, 1.82) is 0 Å². The van der Waals surface area contributed by atoms with Crippen LogP contribution >= 0.6 is 0 Å². The van der Waals surface area contributed by atoms with Crippen LogP contribution in [0.1, 0.15) is 30.4 Å². The van der Waals surface area contributed by atoms with E-state index in [1.54, 1.807) is 24.3 Å². The lowest BCUT2D eigenvalue weighted by atomic mass is 10.0. The van der Waals surface area contributed by atoms with Crippen LogP contribution in [0, 0.1) is 6.92 Å². The van der Waals surface area contributed by atoms with Gasteiger partial charge in [-0.3, -0.25) is 4.79 Å². The summed E-state index contributed by atoms with van der Waals surface area (Å²) >= 11 is 0. The largest absolute Gasteiger partial charge is 0.343 e. The SMILES string of the molecule is Cc1ccc(S(=O)(=O)NC2CCN(C(=O)CCc3ccccc3)CC2)cc1. The van der Waals surface area contributed by atoms with Gasteiger partial charge in [-0.1, -0.05) is 48.0 Å². The predicted molar refractivity (Wildman–Crippen MR) is 106 cm³/mol. The number of rotatable bonds is 6. The quantitative estimate of drug-likeness (QED) is 0.830. The Kier molecular flexibility index (Phi) is 6.29. The maximum atomic E-state index is 12.5. The third-order valence-electron chi connectivity index (χ3n) is 4.97. The molecule has 1 aliphatic heterocycles. The second-order valence-corrected chi connectivity index (χ2v) is 8.79. The lowest BCUT2D eigenvalue weighted by Gasteiger charge is -2.32. The molecule has 1 N–H and O–H groups in total. The second-order valence-electron chi connectivity index (χ2n) is 7.07. The van der Waals surface area contributed by atoms with Crippen molar-refractivity contribution in [3.05, 3.63) is 65.7 Å². The number of benzene rings is 2. The van der Waals surface area contributed by atoms with E-state index in [9.17, 15) is 13.2 Å². The zero-order valence-electron chi connectivity index (χ0n) is 15.6. The Hall–Kier alpha value is -2.18. The lowest BCUT2D eigenvalue weighted by Crippen LogP contribution is -2.46. The highest BCUT2D eigenvalue weighted by molar-refractivity contribution is 7.89. The van der Waals surface area contributed by atoms with E-state index in [1.807, 2.05) is 42.2 Å². The molecule has 6 heteroatoms. The van der Waals surface area contributed by atoms with Gasteiger partial charge in [0.1, 0.15) is 0 Å². The number of nitrogens with zero attached hydrogens (tertiary/aromatic N) is 1. The number of amides is 1. The molecular weight excluding hydrogens is 360 g/mol. The molecule has 0 spiro atoms. The minimum absolute atomic E-state index is 0.130. The molecule has 1 fully saturated rings. The third kappa shape index (κ3) is 5.40. The van der Waals surface area contributed by atoms with Crippen molar-refractivity contribution >= 4 is 15.9 Å². The number of carbonyl (C=O) groups is 1. The molecule has 3 rings (SSSR count). The van der Waals surface area contributed by atoms with Crippen molar-refractivity contribution in [2.45, 2.75) is 43.5 Å². The Bertz CT molecular complexity index is 856.